The Kier molecular flexibility index (Phi) is 10.4. The van der Waals surface area contributed by atoms with Crippen LogP contribution >= 0.6 is 24.0 Å². The molecule has 0 radical (unpaired) electrons. The summed E-state index contributed by atoms with van der Waals surface area (Å²) in [4.78, 5) is 30.3. The number of carbonyl (C=O) groups excluding carboxylic acids is 2. The Morgan fingerprint density at radius 2 is 1.93 bits per heavy atom. The zero-order valence-corrected chi connectivity index (χ0v) is 20.8. The van der Waals surface area contributed by atoms with Gasteiger partial charge in [0.2, 0.25) is 11.8 Å². The van der Waals surface area contributed by atoms with Crippen LogP contribution in [0.5, 0.6) is 5.75 Å². The second-order valence-corrected chi connectivity index (χ2v) is 7.92. The van der Waals surface area contributed by atoms with Gasteiger partial charge in [0.25, 0.3) is 0 Å². The maximum Gasteiger partial charge on any atom is 0.243 e. The van der Waals surface area contributed by atoms with Crippen LogP contribution in [0.25, 0.3) is 0 Å². The first-order chi connectivity index (χ1) is 13.7. The molecule has 0 aliphatic carbocycles. The molecule has 0 saturated heterocycles. The highest BCUT2D eigenvalue weighted by atomic mass is 127. The highest BCUT2D eigenvalue weighted by molar-refractivity contribution is 14.0. The van der Waals surface area contributed by atoms with Gasteiger partial charge in [0.15, 0.2) is 5.96 Å². The van der Waals surface area contributed by atoms with Crippen molar-refractivity contribution in [3.63, 3.8) is 0 Å². The lowest BCUT2D eigenvalue weighted by molar-refractivity contribution is -0.129. The van der Waals surface area contributed by atoms with E-state index < -0.39 is 5.41 Å². The highest BCUT2D eigenvalue weighted by Crippen LogP contribution is 2.31. The Balaban J connectivity index is 0.00000450. The monoisotopic (exact) mass is 531 g/mol. The first kappa shape index (κ1) is 26.0. The molecule has 1 aromatic carbocycles. The topological polar surface area (TPSA) is 95.1 Å². The minimum absolute atomic E-state index is 0. The van der Waals surface area contributed by atoms with Crippen molar-refractivity contribution < 1.29 is 14.3 Å². The molecule has 0 spiro atoms. The fourth-order valence-electron chi connectivity index (χ4n) is 2.88. The van der Waals surface area contributed by atoms with Crippen molar-refractivity contribution >= 4 is 41.8 Å². The number of likely N-dealkylation sites (N-methyl/N-ethyl adjacent to an activating group) is 1. The van der Waals surface area contributed by atoms with Gasteiger partial charge in [0.05, 0.1) is 18.1 Å². The molecule has 1 unspecified atom stereocenters. The Morgan fingerprint density at radius 1 is 1.23 bits per heavy atom. The lowest BCUT2D eigenvalue weighted by Gasteiger charge is -2.30. The van der Waals surface area contributed by atoms with Crippen LogP contribution in [0.3, 0.4) is 0 Å². The summed E-state index contributed by atoms with van der Waals surface area (Å²) in [5.74, 6) is 1.22. The Hall–Kier alpha value is -2.04. The van der Waals surface area contributed by atoms with E-state index in [1.54, 1.807) is 14.1 Å². The average molecular weight is 531 g/mol. The van der Waals surface area contributed by atoms with Crippen LogP contribution in [0, 0.1) is 5.41 Å². The molecule has 1 aromatic rings. The van der Waals surface area contributed by atoms with E-state index in [4.69, 9.17) is 4.74 Å². The fourth-order valence-corrected chi connectivity index (χ4v) is 2.88. The molecule has 1 heterocycles. The van der Waals surface area contributed by atoms with Gasteiger partial charge in [-0.3, -0.25) is 9.59 Å². The molecule has 0 aromatic heterocycles. The number of benzene rings is 1. The van der Waals surface area contributed by atoms with E-state index in [1.165, 1.54) is 4.90 Å². The second-order valence-electron chi connectivity index (χ2n) is 7.92. The summed E-state index contributed by atoms with van der Waals surface area (Å²) in [6.07, 6.45) is 0.777. The number of fused-ring (bicyclic) bond motifs is 1. The molecule has 8 nitrogen and oxygen atoms in total. The molecule has 3 N–H and O–H groups in total. The summed E-state index contributed by atoms with van der Waals surface area (Å²) in [7, 11) is 3.40. The molecule has 0 bridgehead atoms. The van der Waals surface area contributed by atoms with E-state index in [0.29, 0.717) is 25.7 Å². The summed E-state index contributed by atoms with van der Waals surface area (Å²) >= 11 is 0. The normalized spacial score (nSPS) is 15.8. The van der Waals surface area contributed by atoms with E-state index in [1.807, 2.05) is 45.0 Å². The van der Waals surface area contributed by atoms with E-state index in [-0.39, 0.29) is 48.4 Å². The second kappa shape index (κ2) is 12.0. The SMILES string of the molecule is CCNC(=O)C(C)(C)CNC(=NCC(=O)N(C)C)NC1CCOc2ccccc21.I. The molecule has 2 amide bonds. The number of nitrogens with zero attached hydrogens (tertiary/aromatic N) is 2. The molecule has 0 fully saturated rings. The molecule has 9 heteroatoms. The summed E-state index contributed by atoms with van der Waals surface area (Å²) < 4.78 is 5.72. The van der Waals surface area contributed by atoms with Gasteiger partial charge < -0.3 is 25.6 Å². The highest BCUT2D eigenvalue weighted by Gasteiger charge is 2.28. The van der Waals surface area contributed by atoms with Crippen LogP contribution in [0.1, 0.15) is 38.8 Å². The summed E-state index contributed by atoms with van der Waals surface area (Å²) in [6, 6.07) is 7.89. The first-order valence-electron chi connectivity index (χ1n) is 9.99. The lowest BCUT2D eigenvalue weighted by atomic mass is 9.92. The lowest BCUT2D eigenvalue weighted by Crippen LogP contribution is -2.49. The third kappa shape index (κ3) is 7.33. The zero-order chi connectivity index (χ0) is 21.4. The van der Waals surface area contributed by atoms with Gasteiger partial charge in [-0.1, -0.05) is 18.2 Å². The van der Waals surface area contributed by atoms with Gasteiger partial charge in [-0.2, -0.15) is 0 Å². The quantitative estimate of drug-likeness (QED) is 0.284. The predicted octanol–water partition coefficient (Wildman–Crippen LogP) is 1.91. The number of ether oxygens (including phenoxy) is 1. The van der Waals surface area contributed by atoms with Crippen LogP contribution < -0.4 is 20.7 Å². The number of hydrogen-bond acceptors (Lipinski definition) is 4. The zero-order valence-electron chi connectivity index (χ0n) is 18.4. The smallest absolute Gasteiger partial charge is 0.243 e. The number of halogens is 1. The largest absolute Gasteiger partial charge is 0.493 e. The van der Waals surface area contributed by atoms with Gasteiger partial charge in [-0.05, 0) is 26.8 Å². The van der Waals surface area contributed by atoms with Crippen molar-refractivity contribution in [2.75, 3.05) is 40.3 Å². The maximum absolute atomic E-state index is 12.3. The fraction of sp³-hybridized carbons (Fsp3) is 0.571. The van der Waals surface area contributed by atoms with Crippen LogP contribution in [0.15, 0.2) is 29.3 Å². The summed E-state index contributed by atoms with van der Waals surface area (Å²) in [6.45, 7) is 7.22. The van der Waals surface area contributed by atoms with E-state index in [9.17, 15) is 9.59 Å². The number of aliphatic imine (C=N–C) groups is 1. The van der Waals surface area contributed by atoms with Crippen molar-refractivity contribution in [3.8, 4) is 5.75 Å². The first-order valence-corrected chi connectivity index (χ1v) is 9.99. The number of guanidine groups is 1. The number of hydrogen-bond donors (Lipinski definition) is 3. The molecule has 168 valence electrons. The number of carbonyl (C=O) groups is 2. The third-order valence-electron chi connectivity index (χ3n) is 4.79. The third-order valence-corrected chi connectivity index (χ3v) is 4.79. The molecule has 0 saturated carbocycles. The minimum atomic E-state index is -0.627. The van der Waals surface area contributed by atoms with Gasteiger partial charge in [-0.25, -0.2) is 4.99 Å². The molecule has 1 atom stereocenters. The standard InChI is InChI=1S/C21H33N5O3.HI/c1-6-22-19(28)21(2,3)14-24-20(23-13-18(27)26(4)5)25-16-11-12-29-17-10-8-7-9-15(16)17;/h7-10,16H,6,11-14H2,1-5H3,(H,22,28)(H2,23,24,25);1H. The van der Waals surface area contributed by atoms with Gasteiger partial charge in [-0.15, -0.1) is 24.0 Å². The van der Waals surface area contributed by atoms with Gasteiger partial charge in [0, 0.05) is 39.2 Å². The number of para-hydroxylation sites is 1. The predicted molar refractivity (Wildman–Crippen MR) is 129 cm³/mol. The van der Waals surface area contributed by atoms with Crippen LogP contribution in [-0.2, 0) is 9.59 Å². The van der Waals surface area contributed by atoms with Crippen molar-refractivity contribution in [1.29, 1.82) is 0 Å². The minimum Gasteiger partial charge on any atom is -0.493 e. The van der Waals surface area contributed by atoms with E-state index in [0.717, 1.165) is 17.7 Å². The summed E-state index contributed by atoms with van der Waals surface area (Å²) in [5, 5.41) is 9.50. The Bertz CT molecular complexity index is 752. The van der Waals surface area contributed by atoms with E-state index >= 15 is 0 Å². The van der Waals surface area contributed by atoms with Crippen LogP contribution in [-0.4, -0.2) is 63.0 Å². The van der Waals surface area contributed by atoms with Crippen molar-refractivity contribution in [2.45, 2.75) is 33.2 Å². The maximum atomic E-state index is 12.3. The molecular formula is C21H34IN5O3. The Labute approximate surface area is 196 Å². The van der Waals surface area contributed by atoms with Gasteiger partial charge in [0.1, 0.15) is 12.3 Å². The van der Waals surface area contributed by atoms with Crippen LogP contribution in [0.2, 0.25) is 0 Å². The molecule has 1 aliphatic rings. The molecular weight excluding hydrogens is 497 g/mol. The number of rotatable bonds is 7. The van der Waals surface area contributed by atoms with Crippen LogP contribution in [0.4, 0.5) is 0 Å². The summed E-state index contributed by atoms with van der Waals surface area (Å²) in [5.41, 5.74) is 0.424. The van der Waals surface area contributed by atoms with Crippen molar-refractivity contribution in [1.82, 2.24) is 20.9 Å². The van der Waals surface area contributed by atoms with E-state index in [2.05, 4.69) is 20.9 Å². The van der Waals surface area contributed by atoms with Crippen molar-refractivity contribution in [3.05, 3.63) is 29.8 Å². The molecule has 2 rings (SSSR count). The molecule has 1 aliphatic heterocycles. The number of nitrogens with one attached hydrogen (secondary N) is 3. The number of amides is 2. The average Bonchev–Trinajstić information content (AvgIpc) is 2.70. The molecule has 30 heavy (non-hydrogen) atoms. The van der Waals surface area contributed by atoms with Crippen molar-refractivity contribution in [2.24, 2.45) is 10.4 Å². The Morgan fingerprint density at radius 3 is 2.60 bits per heavy atom. The van der Waals surface area contributed by atoms with Gasteiger partial charge >= 0.3 is 0 Å².